The molecule has 3 N–H and O–H groups in total. The van der Waals surface area contributed by atoms with E-state index in [1.54, 1.807) is 7.11 Å². The number of rotatable bonds is 6. The molecule has 1 saturated heterocycles. The van der Waals surface area contributed by atoms with Crippen molar-refractivity contribution in [3.8, 4) is 0 Å². The Bertz CT molecular complexity index is 245. The summed E-state index contributed by atoms with van der Waals surface area (Å²) in [7, 11) is 1.58. The Hall–Kier alpha value is -1.14. The van der Waals surface area contributed by atoms with Crippen LogP contribution in [0.4, 0.5) is 0 Å². The lowest BCUT2D eigenvalue weighted by atomic mass is 10.1. The van der Waals surface area contributed by atoms with Gasteiger partial charge in [-0.05, 0) is 12.8 Å². The lowest BCUT2D eigenvalue weighted by molar-refractivity contribution is -0.125. The number of nitrogens with one attached hydrogen (secondary N) is 3. The van der Waals surface area contributed by atoms with Crippen molar-refractivity contribution in [2.75, 3.05) is 33.4 Å². The first kappa shape index (κ1) is 12.9. The van der Waals surface area contributed by atoms with Gasteiger partial charge in [0, 0.05) is 20.2 Å². The molecule has 2 amide bonds. The summed E-state index contributed by atoms with van der Waals surface area (Å²) in [5.74, 6) is -0.133. The monoisotopic (exact) mass is 229 g/mol. The van der Waals surface area contributed by atoms with Crippen molar-refractivity contribution in [2.45, 2.75) is 18.9 Å². The Balaban J connectivity index is 2.12. The van der Waals surface area contributed by atoms with Crippen LogP contribution in [0, 0.1) is 0 Å². The summed E-state index contributed by atoms with van der Waals surface area (Å²) in [6.07, 6.45) is 1.74. The van der Waals surface area contributed by atoms with Gasteiger partial charge in [0.2, 0.25) is 11.8 Å². The predicted molar refractivity (Wildman–Crippen MR) is 58.9 cm³/mol. The molecule has 1 heterocycles. The molecule has 1 rings (SSSR count). The zero-order valence-corrected chi connectivity index (χ0v) is 9.54. The van der Waals surface area contributed by atoms with Gasteiger partial charge in [0.15, 0.2) is 0 Å². The molecule has 1 unspecified atom stereocenters. The van der Waals surface area contributed by atoms with Crippen molar-refractivity contribution in [3.05, 3.63) is 0 Å². The van der Waals surface area contributed by atoms with Crippen LogP contribution in [0.5, 0.6) is 0 Å². The smallest absolute Gasteiger partial charge is 0.237 e. The Labute approximate surface area is 95.1 Å². The zero-order chi connectivity index (χ0) is 11.8. The molecule has 0 saturated carbocycles. The van der Waals surface area contributed by atoms with E-state index in [0.29, 0.717) is 13.2 Å². The van der Waals surface area contributed by atoms with Crippen molar-refractivity contribution < 1.29 is 14.3 Å². The maximum Gasteiger partial charge on any atom is 0.237 e. The molecule has 6 heteroatoms. The predicted octanol–water partition coefficient (Wildman–Crippen LogP) is -1.38. The van der Waals surface area contributed by atoms with Crippen molar-refractivity contribution >= 4 is 11.8 Å². The minimum absolute atomic E-state index is 0.0176. The van der Waals surface area contributed by atoms with E-state index in [0.717, 1.165) is 19.4 Å². The molecule has 0 radical (unpaired) electrons. The Morgan fingerprint density at radius 1 is 1.62 bits per heavy atom. The summed E-state index contributed by atoms with van der Waals surface area (Å²) >= 11 is 0. The molecule has 92 valence electrons. The summed E-state index contributed by atoms with van der Waals surface area (Å²) in [4.78, 5) is 22.6. The van der Waals surface area contributed by atoms with Gasteiger partial charge in [-0.25, -0.2) is 0 Å². The normalized spacial score (nSPS) is 20.3. The largest absolute Gasteiger partial charge is 0.383 e. The number of amides is 2. The average Bonchev–Trinajstić information content (AvgIpc) is 2.28. The van der Waals surface area contributed by atoms with E-state index in [-0.39, 0.29) is 24.4 Å². The fourth-order valence-corrected chi connectivity index (χ4v) is 1.54. The summed E-state index contributed by atoms with van der Waals surface area (Å²) in [5.41, 5.74) is 0. The van der Waals surface area contributed by atoms with E-state index in [4.69, 9.17) is 4.74 Å². The highest BCUT2D eigenvalue weighted by atomic mass is 16.5. The van der Waals surface area contributed by atoms with Crippen LogP contribution < -0.4 is 16.0 Å². The van der Waals surface area contributed by atoms with Gasteiger partial charge in [0.25, 0.3) is 0 Å². The highest BCUT2D eigenvalue weighted by Gasteiger charge is 2.21. The zero-order valence-electron chi connectivity index (χ0n) is 9.54. The fraction of sp³-hybridized carbons (Fsp3) is 0.800. The second-order valence-electron chi connectivity index (χ2n) is 3.71. The number of hydrogen-bond donors (Lipinski definition) is 3. The van der Waals surface area contributed by atoms with Crippen LogP contribution in [0.1, 0.15) is 12.8 Å². The molecule has 0 aromatic rings. The third-order valence-electron chi connectivity index (χ3n) is 2.42. The second-order valence-corrected chi connectivity index (χ2v) is 3.71. The van der Waals surface area contributed by atoms with Gasteiger partial charge in [-0.3, -0.25) is 14.9 Å². The minimum atomic E-state index is -0.234. The summed E-state index contributed by atoms with van der Waals surface area (Å²) in [5, 5.41) is 8.37. The molecule has 16 heavy (non-hydrogen) atoms. The molecule has 1 aliphatic rings. The lowest BCUT2D eigenvalue weighted by Gasteiger charge is -2.22. The van der Waals surface area contributed by atoms with Crippen molar-refractivity contribution in [1.29, 1.82) is 0 Å². The highest BCUT2D eigenvalue weighted by Crippen LogP contribution is 2.01. The molecule has 6 nitrogen and oxygen atoms in total. The molecule has 1 atom stereocenters. The van der Waals surface area contributed by atoms with E-state index >= 15 is 0 Å². The first-order chi connectivity index (χ1) is 7.74. The maximum atomic E-state index is 11.3. The van der Waals surface area contributed by atoms with Crippen molar-refractivity contribution in [2.24, 2.45) is 0 Å². The molecular weight excluding hydrogens is 210 g/mol. The third-order valence-corrected chi connectivity index (χ3v) is 2.42. The van der Waals surface area contributed by atoms with Crippen molar-refractivity contribution in [3.63, 3.8) is 0 Å². The highest BCUT2D eigenvalue weighted by molar-refractivity contribution is 5.84. The first-order valence-electron chi connectivity index (χ1n) is 5.50. The quantitative estimate of drug-likeness (QED) is 0.490. The van der Waals surface area contributed by atoms with Gasteiger partial charge >= 0.3 is 0 Å². The topological polar surface area (TPSA) is 79.5 Å². The average molecular weight is 229 g/mol. The van der Waals surface area contributed by atoms with Crippen LogP contribution in [0.25, 0.3) is 0 Å². The summed E-state index contributed by atoms with van der Waals surface area (Å²) in [6, 6.07) is -0.234. The SMILES string of the molecule is COCCNC(=O)CNC1CCCNC1=O. The van der Waals surface area contributed by atoms with Gasteiger partial charge in [-0.15, -0.1) is 0 Å². The van der Waals surface area contributed by atoms with Gasteiger partial charge in [0.1, 0.15) is 0 Å². The second kappa shape index (κ2) is 7.19. The molecule has 0 spiro atoms. The number of methoxy groups -OCH3 is 1. The summed E-state index contributed by atoms with van der Waals surface area (Å²) < 4.78 is 4.80. The van der Waals surface area contributed by atoms with E-state index in [1.807, 2.05) is 0 Å². The van der Waals surface area contributed by atoms with Gasteiger partial charge < -0.3 is 15.4 Å². The standard InChI is InChI=1S/C10H19N3O3/c1-16-6-5-11-9(14)7-13-8-3-2-4-12-10(8)15/h8,13H,2-7H2,1H3,(H,11,14)(H,12,15). The number of piperidine rings is 1. The Morgan fingerprint density at radius 3 is 3.12 bits per heavy atom. The number of carbonyl (C=O) groups excluding carboxylic acids is 2. The molecule has 0 aromatic carbocycles. The van der Waals surface area contributed by atoms with E-state index < -0.39 is 0 Å². The molecule has 0 aromatic heterocycles. The maximum absolute atomic E-state index is 11.3. The lowest BCUT2D eigenvalue weighted by Crippen LogP contribution is -2.50. The van der Waals surface area contributed by atoms with Crippen LogP contribution in [-0.2, 0) is 14.3 Å². The number of ether oxygens (including phenoxy) is 1. The molecule has 1 fully saturated rings. The van der Waals surface area contributed by atoms with Crippen LogP contribution in [-0.4, -0.2) is 51.2 Å². The van der Waals surface area contributed by atoms with Crippen LogP contribution in [0.3, 0.4) is 0 Å². The third kappa shape index (κ3) is 4.59. The van der Waals surface area contributed by atoms with Crippen molar-refractivity contribution in [1.82, 2.24) is 16.0 Å². The Morgan fingerprint density at radius 2 is 2.44 bits per heavy atom. The minimum Gasteiger partial charge on any atom is -0.383 e. The van der Waals surface area contributed by atoms with Gasteiger partial charge in [0.05, 0.1) is 19.2 Å². The van der Waals surface area contributed by atoms with Crippen LogP contribution >= 0.6 is 0 Å². The number of hydrogen-bond acceptors (Lipinski definition) is 4. The fourth-order valence-electron chi connectivity index (χ4n) is 1.54. The van der Waals surface area contributed by atoms with Gasteiger partial charge in [-0.2, -0.15) is 0 Å². The van der Waals surface area contributed by atoms with E-state index in [1.165, 1.54) is 0 Å². The van der Waals surface area contributed by atoms with Gasteiger partial charge in [-0.1, -0.05) is 0 Å². The number of carbonyl (C=O) groups is 2. The molecule has 0 bridgehead atoms. The molecular formula is C10H19N3O3. The van der Waals surface area contributed by atoms with E-state index in [9.17, 15) is 9.59 Å². The van der Waals surface area contributed by atoms with Crippen LogP contribution in [0.15, 0.2) is 0 Å². The summed E-state index contributed by atoms with van der Waals surface area (Å²) in [6.45, 7) is 1.89. The van der Waals surface area contributed by atoms with Crippen LogP contribution in [0.2, 0.25) is 0 Å². The first-order valence-corrected chi connectivity index (χ1v) is 5.50. The Kier molecular flexibility index (Phi) is 5.81. The molecule has 0 aliphatic carbocycles. The van der Waals surface area contributed by atoms with E-state index in [2.05, 4.69) is 16.0 Å². The molecule has 1 aliphatic heterocycles.